The Kier molecular flexibility index (Phi) is 4.41. The van der Waals surface area contributed by atoms with Gasteiger partial charge < -0.3 is 10.5 Å². The SMILES string of the molecule is CCOC(=O)C(C)(N)CCSc1nnnn1C1CC1. The maximum Gasteiger partial charge on any atom is 0.325 e. The number of tetrazole rings is 1. The van der Waals surface area contributed by atoms with Crippen LogP contribution >= 0.6 is 11.8 Å². The van der Waals surface area contributed by atoms with Crippen LogP contribution < -0.4 is 5.73 Å². The summed E-state index contributed by atoms with van der Waals surface area (Å²) < 4.78 is 6.80. The summed E-state index contributed by atoms with van der Waals surface area (Å²) in [5.41, 5.74) is 4.99. The summed E-state index contributed by atoms with van der Waals surface area (Å²) in [6.45, 7) is 3.81. The van der Waals surface area contributed by atoms with E-state index in [0.29, 0.717) is 24.8 Å². The molecular formula is C11H19N5O2S. The average molecular weight is 285 g/mol. The molecule has 0 bridgehead atoms. The lowest BCUT2D eigenvalue weighted by molar-refractivity contribution is -0.149. The second kappa shape index (κ2) is 5.87. The molecule has 1 aliphatic carbocycles. The number of aromatic nitrogens is 4. The predicted molar refractivity (Wildman–Crippen MR) is 70.7 cm³/mol. The molecule has 1 fully saturated rings. The quantitative estimate of drug-likeness (QED) is 0.584. The Labute approximate surface area is 116 Å². The first kappa shape index (κ1) is 14.3. The first-order valence-electron chi connectivity index (χ1n) is 6.41. The third-order valence-corrected chi connectivity index (χ3v) is 3.88. The zero-order valence-electron chi connectivity index (χ0n) is 11.2. The Morgan fingerprint density at radius 2 is 2.37 bits per heavy atom. The van der Waals surface area contributed by atoms with Gasteiger partial charge in [-0.1, -0.05) is 11.8 Å². The third-order valence-electron chi connectivity index (χ3n) is 2.95. The van der Waals surface area contributed by atoms with Gasteiger partial charge in [-0.05, 0) is 43.5 Å². The van der Waals surface area contributed by atoms with E-state index in [1.807, 2.05) is 4.68 Å². The van der Waals surface area contributed by atoms with Gasteiger partial charge in [-0.25, -0.2) is 4.68 Å². The Bertz CT molecular complexity index is 444. The van der Waals surface area contributed by atoms with E-state index in [-0.39, 0.29) is 5.97 Å². The van der Waals surface area contributed by atoms with Crippen molar-refractivity contribution in [2.45, 2.75) is 49.8 Å². The minimum absolute atomic E-state index is 0.346. The van der Waals surface area contributed by atoms with Gasteiger partial charge in [0, 0.05) is 5.75 Å². The van der Waals surface area contributed by atoms with Gasteiger partial charge in [-0.3, -0.25) is 4.79 Å². The van der Waals surface area contributed by atoms with Gasteiger partial charge in [0.15, 0.2) is 0 Å². The summed E-state index contributed by atoms with van der Waals surface area (Å²) in [5.74, 6) is 0.316. The molecule has 8 heteroatoms. The molecule has 2 rings (SSSR count). The monoisotopic (exact) mass is 285 g/mol. The van der Waals surface area contributed by atoms with Gasteiger partial charge in [0.1, 0.15) is 5.54 Å². The standard InChI is InChI=1S/C11H19N5O2S/c1-3-18-9(17)11(2,12)6-7-19-10-13-14-15-16(10)8-4-5-8/h8H,3-7,12H2,1-2H3. The Morgan fingerprint density at radius 1 is 1.63 bits per heavy atom. The molecule has 0 saturated heterocycles. The van der Waals surface area contributed by atoms with Gasteiger partial charge in [-0.2, -0.15) is 0 Å². The molecule has 106 valence electrons. The van der Waals surface area contributed by atoms with Gasteiger partial charge in [0.2, 0.25) is 5.16 Å². The molecule has 0 aliphatic heterocycles. The van der Waals surface area contributed by atoms with E-state index >= 15 is 0 Å². The molecule has 0 radical (unpaired) electrons. The highest BCUT2D eigenvalue weighted by Crippen LogP contribution is 2.36. The molecule has 1 atom stereocenters. The third kappa shape index (κ3) is 3.66. The summed E-state index contributed by atoms with van der Waals surface area (Å²) in [6.07, 6.45) is 2.79. The molecule has 0 spiro atoms. The van der Waals surface area contributed by atoms with Crippen molar-refractivity contribution in [1.82, 2.24) is 20.2 Å². The lowest BCUT2D eigenvalue weighted by atomic mass is 10.0. The van der Waals surface area contributed by atoms with Gasteiger partial charge in [0.25, 0.3) is 0 Å². The van der Waals surface area contributed by atoms with Gasteiger partial charge >= 0.3 is 5.97 Å². The first-order valence-corrected chi connectivity index (χ1v) is 7.40. The molecule has 1 aromatic heterocycles. The number of hydrogen-bond donors (Lipinski definition) is 1. The number of nitrogens with two attached hydrogens (primary N) is 1. The predicted octanol–water partition coefficient (Wildman–Crippen LogP) is 0.771. The minimum Gasteiger partial charge on any atom is -0.465 e. The molecule has 0 amide bonds. The molecular weight excluding hydrogens is 266 g/mol. The smallest absolute Gasteiger partial charge is 0.325 e. The van der Waals surface area contributed by atoms with Crippen molar-refractivity contribution < 1.29 is 9.53 Å². The van der Waals surface area contributed by atoms with E-state index in [0.717, 1.165) is 18.0 Å². The van der Waals surface area contributed by atoms with E-state index < -0.39 is 5.54 Å². The molecule has 1 saturated carbocycles. The lowest BCUT2D eigenvalue weighted by Crippen LogP contribution is -2.46. The van der Waals surface area contributed by atoms with E-state index in [9.17, 15) is 4.79 Å². The van der Waals surface area contributed by atoms with E-state index in [4.69, 9.17) is 10.5 Å². The van der Waals surface area contributed by atoms with Gasteiger partial charge in [-0.15, -0.1) is 5.10 Å². The lowest BCUT2D eigenvalue weighted by Gasteiger charge is -2.21. The minimum atomic E-state index is -0.957. The Balaban J connectivity index is 1.82. The zero-order chi connectivity index (χ0) is 13.9. The number of nitrogens with zero attached hydrogens (tertiary/aromatic N) is 4. The first-order chi connectivity index (χ1) is 9.04. The molecule has 1 heterocycles. The van der Waals surface area contributed by atoms with Crippen molar-refractivity contribution in [3.05, 3.63) is 0 Å². The normalized spacial score (nSPS) is 18.1. The second-order valence-electron chi connectivity index (χ2n) is 4.87. The van der Waals surface area contributed by atoms with Crippen LogP contribution in [0, 0.1) is 0 Å². The molecule has 1 unspecified atom stereocenters. The summed E-state index contributed by atoms with van der Waals surface area (Å²) in [5, 5.41) is 12.4. The van der Waals surface area contributed by atoms with Crippen molar-refractivity contribution in [2.24, 2.45) is 5.73 Å². The van der Waals surface area contributed by atoms with Crippen LogP contribution in [-0.2, 0) is 9.53 Å². The van der Waals surface area contributed by atoms with Crippen molar-refractivity contribution in [3.63, 3.8) is 0 Å². The average Bonchev–Trinajstić information content (AvgIpc) is 3.10. The van der Waals surface area contributed by atoms with Crippen LogP contribution in [-0.4, -0.2) is 44.1 Å². The fourth-order valence-corrected chi connectivity index (χ4v) is 2.70. The highest BCUT2D eigenvalue weighted by atomic mass is 32.2. The van der Waals surface area contributed by atoms with E-state index in [2.05, 4.69) is 15.5 Å². The molecule has 1 aromatic rings. The van der Waals surface area contributed by atoms with Gasteiger partial charge in [0.05, 0.1) is 12.6 Å². The number of carbonyl (C=O) groups excluding carboxylic acids is 1. The second-order valence-corrected chi connectivity index (χ2v) is 5.94. The molecule has 7 nitrogen and oxygen atoms in total. The number of carbonyl (C=O) groups is 1. The van der Waals surface area contributed by atoms with Crippen molar-refractivity contribution in [2.75, 3.05) is 12.4 Å². The van der Waals surface area contributed by atoms with Crippen LogP contribution in [0.25, 0.3) is 0 Å². The fraction of sp³-hybridized carbons (Fsp3) is 0.818. The highest BCUT2D eigenvalue weighted by molar-refractivity contribution is 7.99. The number of thioether (sulfide) groups is 1. The zero-order valence-corrected chi connectivity index (χ0v) is 12.0. The van der Waals surface area contributed by atoms with E-state index in [1.54, 1.807) is 13.8 Å². The Morgan fingerprint density at radius 3 is 3.00 bits per heavy atom. The van der Waals surface area contributed by atoms with Crippen LogP contribution in [0.4, 0.5) is 0 Å². The van der Waals surface area contributed by atoms with Crippen LogP contribution in [0.2, 0.25) is 0 Å². The largest absolute Gasteiger partial charge is 0.465 e. The number of rotatable bonds is 7. The molecule has 0 aromatic carbocycles. The van der Waals surface area contributed by atoms with Crippen LogP contribution in [0.3, 0.4) is 0 Å². The summed E-state index contributed by atoms with van der Waals surface area (Å²) >= 11 is 1.52. The van der Waals surface area contributed by atoms with Crippen LogP contribution in [0.5, 0.6) is 0 Å². The fourth-order valence-electron chi connectivity index (χ4n) is 1.58. The number of ether oxygens (including phenoxy) is 1. The molecule has 1 aliphatic rings. The summed E-state index contributed by atoms with van der Waals surface area (Å²) in [4.78, 5) is 11.6. The summed E-state index contributed by atoms with van der Waals surface area (Å²) in [7, 11) is 0. The number of hydrogen-bond acceptors (Lipinski definition) is 7. The number of esters is 1. The molecule has 2 N–H and O–H groups in total. The van der Waals surface area contributed by atoms with E-state index in [1.165, 1.54) is 11.8 Å². The van der Waals surface area contributed by atoms with Crippen molar-refractivity contribution in [1.29, 1.82) is 0 Å². The van der Waals surface area contributed by atoms with Crippen LogP contribution in [0.1, 0.15) is 39.2 Å². The van der Waals surface area contributed by atoms with Crippen molar-refractivity contribution in [3.8, 4) is 0 Å². The topological polar surface area (TPSA) is 95.9 Å². The maximum atomic E-state index is 11.6. The van der Waals surface area contributed by atoms with Crippen LogP contribution in [0.15, 0.2) is 5.16 Å². The summed E-state index contributed by atoms with van der Waals surface area (Å²) in [6, 6.07) is 0.451. The Hall–Kier alpha value is -1.15. The maximum absolute atomic E-state index is 11.6. The highest BCUT2D eigenvalue weighted by Gasteiger charge is 2.31. The van der Waals surface area contributed by atoms with Crippen molar-refractivity contribution >= 4 is 17.7 Å². The molecule has 19 heavy (non-hydrogen) atoms.